The first-order chi connectivity index (χ1) is 9.06. The average Bonchev–Trinajstić information content (AvgIpc) is 2.70. The number of fused-ring (bicyclic) bond motifs is 1. The van der Waals surface area contributed by atoms with Gasteiger partial charge in [-0.3, -0.25) is 4.40 Å². The van der Waals surface area contributed by atoms with Gasteiger partial charge in [0.2, 0.25) is 0 Å². The molecule has 2 heterocycles. The smallest absolute Gasteiger partial charge is 0.139 e. The van der Waals surface area contributed by atoms with Crippen molar-refractivity contribution in [3.8, 4) is 11.3 Å². The second kappa shape index (κ2) is 4.05. The zero-order valence-electron chi connectivity index (χ0n) is 10.2. The van der Waals surface area contributed by atoms with Gasteiger partial charge in [0, 0.05) is 11.8 Å². The van der Waals surface area contributed by atoms with Gasteiger partial charge in [-0.15, -0.1) is 0 Å². The fourth-order valence-corrected chi connectivity index (χ4v) is 2.05. The maximum absolute atomic E-state index is 13.8. The second-order valence-electron chi connectivity index (χ2n) is 4.40. The molecule has 3 nitrogen and oxygen atoms in total. The molecule has 0 bridgehead atoms. The molecular formula is C14H11F2N3. The van der Waals surface area contributed by atoms with Gasteiger partial charge in [0.15, 0.2) is 0 Å². The summed E-state index contributed by atoms with van der Waals surface area (Å²) in [5, 5.41) is 0. The third-order valence-electron chi connectivity index (χ3n) is 2.99. The molecule has 0 amide bonds. The van der Waals surface area contributed by atoms with E-state index in [1.54, 1.807) is 16.7 Å². The van der Waals surface area contributed by atoms with E-state index >= 15 is 0 Å². The van der Waals surface area contributed by atoms with Crippen LogP contribution in [0.25, 0.3) is 16.9 Å². The average molecular weight is 259 g/mol. The molecule has 0 aliphatic carbocycles. The predicted octanol–water partition coefficient (Wildman–Crippen LogP) is 3.17. The normalized spacial score (nSPS) is 11.1. The third-order valence-corrected chi connectivity index (χ3v) is 2.99. The largest absolute Gasteiger partial charge is 0.383 e. The van der Waals surface area contributed by atoms with Crippen LogP contribution in [-0.2, 0) is 0 Å². The number of hydrogen-bond acceptors (Lipinski definition) is 2. The van der Waals surface area contributed by atoms with Gasteiger partial charge in [-0.2, -0.15) is 0 Å². The summed E-state index contributed by atoms with van der Waals surface area (Å²) in [5.74, 6) is -0.777. The number of aromatic nitrogens is 2. The van der Waals surface area contributed by atoms with Gasteiger partial charge in [0.1, 0.15) is 28.8 Å². The molecule has 0 saturated heterocycles. The van der Waals surface area contributed by atoms with Crippen molar-refractivity contribution in [1.29, 1.82) is 0 Å². The van der Waals surface area contributed by atoms with Crippen molar-refractivity contribution in [3.05, 3.63) is 53.7 Å². The minimum absolute atomic E-state index is 0.0684. The van der Waals surface area contributed by atoms with Gasteiger partial charge in [-0.25, -0.2) is 13.8 Å². The van der Waals surface area contributed by atoms with Gasteiger partial charge >= 0.3 is 0 Å². The molecule has 0 fully saturated rings. The molecule has 0 saturated carbocycles. The van der Waals surface area contributed by atoms with E-state index in [-0.39, 0.29) is 11.3 Å². The van der Waals surface area contributed by atoms with E-state index < -0.39 is 11.6 Å². The maximum atomic E-state index is 13.8. The predicted molar refractivity (Wildman–Crippen MR) is 69.7 cm³/mol. The first kappa shape index (κ1) is 11.6. The summed E-state index contributed by atoms with van der Waals surface area (Å²) in [7, 11) is 0. The lowest BCUT2D eigenvalue weighted by molar-refractivity contribution is 0.603. The molecule has 1 aromatic carbocycles. The topological polar surface area (TPSA) is 43.3 Å². The summed E-state index contributed by atoms with van der Waals surface area (Å²) in [5.41, 5.74) is 7.89. The van der Waals surface area contributed by atoms with Crippen LogP contribution in [0.15, 0.2) is 36.5 Å². The highest BCUT2D eigenvalue weighted by molar-refractivity contribution is 5.75. The minimum atomic E-state index is -0.548. The van der Waals surface area contributed by atoms with Gasteiger partial charge in [0.25, 0.3) is 0 Å². The molecule has 0 aliphatic heterocycles. The molecule has 2 aromatic heterocycles. The number of benzene rings is 1. The Hall–Kier alpha value is -2.43. The number of anilines is 1. The van der Waals surface area contributed by atoms with Crippen LogP contribution in [-0.4, -0.2) is 9.38 Å². The number of rotatable bonds is 1. The van der Waals surface area contributed by atoms with Gasteiger partial charge < -0.3 is 5.73 Å². The van der Waals surface area contributed by atoms with E-state index in [0.29, 0.717) is 11.5 Å². The monoisotopic (exact) mass is 259 g/mol. The lowest BCUT2D eigenvalue weighted by Crippen LogP contribution is -1.96. The van der Waals surface area contributed by atoms with E-state index in [4.69, 9.17) is 5.73 Å². The lowest BCUT2D eigenvalue weighted by Gasteiger charge is -2.02. The summed E-state index contributed by atoms with van der Waals surface area (Å²) < 4.78 is 28.7. The molecular weight excluding hydrogens is 248 g/mol. The Balaban J connectivity index is 2.31. The summed E-state index contributed by atoms with van der Waals surface area (Å²) in [6.07, 6.45) is 1.80. The Morgan fingerprint density at radius 2 is 1.95 bits per heavy atom. The molecule has 0 spiro atoms. The number of pyridine rings is 1. The van der Waals surface area contributed by atoms with Crippen LogP contribution < -0.4 is 5.73 Å². The molecule has 0 radical (unpaired) electrons. The van der Waals surface area contributed by atoms with Crippen molar-refractivity contribution in [2.45, 2.75) is 6.92 Å². The second-order valence-corrected chi connectivity index (χ2v) is 4.40. The van der Waals surface area contributed by atoms with Crippen LogP contribution in [0, 0.1) is 18.6 Å². The van der Waals surface area contributed by atoms with Gasteiger partial charge in [-0.05, 0) is 36.8 Å². The highest BCUT2D eigenvalue weighted by atomic mass is 19.1. The Morgan fingerprint density at radius 1 is 1.16 bits per heavy atom. The molecule has 0 aliphatic rings. The third kappa shape index (κ3) is 1.83. The van der Waals surface area contributed by atoms with Crippen LogP contribution in [0.4, 0.5) is 14.6 Å². The van der Waals surface area contributed by atoms with E-state index in [1.807, 2.05) is 13.0 Å². The maximum Gasteiger partial charge on any atom is 0.139 e. The van der Waals surface area contributed by atoms with Crippen molar-refractivity contribution in [2.24, 2.45) is 0 Å². The van der Waals surface area contributed by atoms with Crippen LogP contribution in [0.3, 0.4) is 0 Å². The first-order valence-corrected chi connectivity index (χ1v) is 5.76. The van der Waals surface area contributed by atoms with E-state index in [1.165, 1.54) is 0 Å². The molecule has 0 unspecified atom stereocenters. The lowest BCUT2D eigenvalue weighted by atomic mass is 10.1. The zero-order chi connectivity index (χ0) is 13.6. The number of halogens is 2. The Labute approximate surface area is 108 Å². The fourth-order valence-electron chi connectivity index (χ4n) is 2.05. The van der Waals surface area contributed by atoms with Crippen LogP contribution in [0.2, 0.25) is 0 Å². The van der Waals surface area contributed by atoms with E-state index in [0.717, 1.165) is 23.8 Å². The first-order valence-electron chi connectivity index (χ1n) is 5.76. The number of nitrogens with two attached hydrogens (primary N) is 1. The van der Waals surface area contributed by atoms with E-state index in [9.17, 15) is 8.78 Å². The minimum Gasteiger partial charge on any atom is -0.383 e. The van der Waals surface area contributed by atoms with Crippen LogP contribution >= 0.6 is 0 Å². The van der Waals surface area contributed by atoms with Crippen LogP contribution in [0.5, 0.6) is 0 Å². The number of imidazole rings is 1. The van der Waals surface area contributed by atoms with Crippen molar-refractivity contribution in [3.63, 3.8) is 0 Å². The highest BCUT2D eigenvalue weighted by Crippen LogP contribution is 2.29. The van der Waals surface area contributed by atoms with Crippen LogP contribution in [0.1, 0.15) is 5.56 Å². The number of nitrogens with zero attached hydrogens (tertiary/aromatic N) is 2. The summed E-state index contributed by atoms with van der Waals surface area (Å²) in [6, 6.07) is 6.90. The molecule has 2 N–H and O–H groups in total. The molecule has 19 heavy (non-hydrogen) atoms. The number of hydrogen-bond donors (Lipinski definition) is 1. The van der Waals surface area contributed by atoms with E-state index in [2.05, 4.69) is 4.98 Å². The Bertz CT molecular complexity index is 778. The van der Waals surface area contributed by atoms with Crippen molar-refractivity contribution >= 4 is 11.5 Å². The number of nitrogen functional groups attached to an aromatic ring is 1. The molecule has 3 aromatic rings. The SMILES string of the molecule is Cc1ccc2nc(-c3cc(F)ccc3F)c(N)n2c1. The fraction of sp³-hybridized carbons (Fsp3) is 0.0714. The summed E-state index contributed by atoms with van der Waals surface area (Å²) in [6.45, 7) is 1.92. The quantitative estimate of drug-likeness (QED) is 0.729. The Morgan fingerprint density at radius 3 is 2.74 bits per heavy atom. The number of aryl methyl sites for hydroxylation is 1. The van der Waals surface area contributed by atoms with Crippen molar-refractivity contribution < 1.29 is 8.78 Å². The summed E-state index contributed by atoms with van der Waals surface area (Å²) >= 11 is 0. The molecule has 96 valence electrons. The van der Waals surface area contributed by atoms with Gasteiger partial charge in [-0.1, -0.05) is 6.07 Å². The van der Waals surface area contributed by atoms with Gasteiger partial charge in [0.05, 0.1) is 0 Å². The molecule has 3 rings (SSSR count). The Kier molecular flexibility index (Phi) is 2.48. The highest BCUT2D eigenvalue weighted by Gasteiger charge is 2.15. The molecule has 5 heteroatoms. The standard InChI is InChI=1S/C14H11F2N3/c1-8-2-5-12-18-13(14(17)19(12)7-8)10-6-9(15)3-4-11(10)16/h2-7H,17H2,1H3. The summed E-state index contributed by atoms with van der Waals surface area (Å²) in [4.78, 5) is 4.26. The van der Waals surface area contributed by atoms with Crippen molar-refractivity contribution in [1.82, 2.24) is 9.38 Å². The van der Waals surface area contributed by atoms with Crippen molar-refractivity contribution in [2.75, 3.05) is 5.73 Å². The zero-order valence-corrected chi connectivity index (χ0v) is 10.2. The molecule has 0 atom stereocenters.